The van der Waals surface area contributed by atoms with E-state index in [0.717, 1.165) is 17.3 Å². The molecule has 1 amide bonds. The van der Waals surface area contributed by atoms with E-state index in [0.29, 0.717) is 12.2 Å². The first-order valence-corrected chi connectivity index (χ1v) is 6.05. The van der Waals surface area contributed by atoms with E-state index in [1.165, 1.54) is 0 Å². The Hall–Kier alpha value is -0.940. The molecule has 1 aliphatic heterocycles. The molecule has 1 aliphatic rings. The van der Waals surface area contributed by atoms with Crippen molar-refractivity contribution in [2.24, 2.45) is 0 Å². The van der Waals surface area contributed by atoms with Crippen LogP contribution in [0.3, 0.4) is 0 Å². The Bertz CT molecular complexity index is 380. The number of carbonyl (C=O) groups is 1. The van der Waals surface area contributed by atoms with Crippen molar-refractivity contribution in [3.63, 3.8) is 0 Å². The molecule has 1 aromatic rings. The van der Waals surface area contributed by atoms with Crippen LogP contribution in [0.2, 0.25) is 0 Å². The number of halogens is 1. The standard InChI is InChI=1S/C11H13BrN2O2/c12-8-3-4-10(13-6-8)11(16)14-5-1-2-9(14)7-15/h3-4,6,9,15H,1-2,5,7H2/t9-/m1/s1. The van der Waals surface area contributed by atoms with Gasteiger partial charge in [-0.1, -0.05) is 0 Å². The Kier molecular flexibility index (Phi) is 3.56. The van der Waals surface area contributed by atoms with Crippen LogP contribution in [-0.2, 0) is 0 Å². The van der Waals surface area contributed by atoms with Gasteiger partial charge in [0.1, 0.15) is 5.69 Å². The van der Waals surface area contributed by atoms with Gasteiger partial charge >= 0.3 is 0 Å². The molecular weight excluding hydrogens is 272 g/mol. The Morgan fingerprint density at radius 2 is 2.44 bits per heavy atom. The summed E-state index contributed by atoms with van der Waals surface area (Å²) >= 11 is 3.28. The lowest BCUT2D eigenvalue weighted by Crippen LogP contribution is -2.38. The summed E-state index contributed by atoms with van der Waals surface area (Å²) in [5.41, 5.74) is 0.434. The van der Waals surface area contributed by atoms with E-state index in [1.54, 1.807) is 23.2 Å². The Morgan fingerprint density at radius 1 is 1.62 bits per heavy atom. The van der Waals surface area contributed by atoms with Crippen molar-refractivity contribution >= 4 is 21.8 Å². The number of amides is 1. The van der Waals surface area contributed by atoms with E-state index in [4.69, 9.17) is 5.11 Å². The van der Waals surface area contributed by atoms with E-state index in [-0.39, 0.29) is 18.6 Å². The van der Waals surface area contributed by atoms with Crippen LogP contribution in [-0.4, -0.2) is 40.1 Å². The average Bonchev–Trinajstić information content (AvgIpc) is 2.77. The van der Waals surface area contributed by atoms with Crippen molar-refractivity contribution in [1.29, 1.82) is 0 Å². The molecular formula is C11H13BrN2O2. The van der Waals surface area contributed by atoms with Gasteiger partial charge in [-0.15, -0.1) is 0 Å². The van der Waals surface area contributed by atoms with Crippen molar-refractivity contribution in [2.75, 3.05) is 13.2 Å². The van der Waals surface area contributed by atoms with Crippen LogP contribution in [0.5, 0.6) is 0 Å². The summed E-state index contributed by atoms with van der Waals surface area (Å²) < 4.78 is 0.851. The van der Waals surface area contributed by atoms with Gasteiger partial charge in [0.05, 0.1) is 12.6 Å². The SMILES string of the molecule is O=C(c1ccc(Br)cn1)N1CCC[C@@H]1CO. The number of hydrogen-bond donors (Lipinski definition) is 1. The first-order valence-electron chi connectivity index (χ1n) is 5.26. The number of pyridine rings is 1. The minimum absolute atomic E-state index is 0.0300. The third-order valence-corrected chi connectivity index (χ3v) is 3.26. The molecule has 0 spiro atoms. The van der Waals surface area contributed by atoms with Gasteiger partial charge in [-0.25, -0.2) is 4.98 Å². The maximum absolute atomic E-state index is 12.1. The zero-order valence-electron chi connectivity index (χ0n) is 8.77. The average molecular weight is 285 g/mol. The highest BCUT2D eigenvalue weighted by Gasteiger charge is 2.29. The van der Waals surface area contributed by atoms with Crippen LogP contribution in [0, 0.1) is 0 Å². The molecule has 5 heteroatoms. The fourth-order valence-electron chi connectivity index (χ4n) is 1.94. The van der Waals surface area contributed by atoms with Gasteiger partial charge in [-0.3, -0.25) is 4.79 Å². The normalized spacial score (nSPS) is 20.1. The summed E-state index contributed by atoms with van der Waals surface area (Å²) in [5, 5.41) is 9.15. The smallest absolute Gasteiger partial charge is 0.272 e. The van der Waals surface area contributed by atoms with Crippen molar-refractivity contribution in [3.05, 3.63) is 28.5 Å². The topological polar surface area (TPSA) is 53.4 Å². The molecule has 1 fully saturated rings. The number of nitrogens with zero attached hydrogens (tertiary/aromatic N) is 2. The zero-order chi connectivity index (χ0) is 11.5. The van der Waals surface area contributed by atoms with E-state index < -0.39 is 0 Å². The largest absolute Gasteiger partial charge is 0.394 e. The predicted octanol–water partition coefficient (Wildman–Crippen LogP) is 1.44. The summed E-state index contributed by atoms with van der Waals surface area (Å²) in [4.78, 5) is 17.8. The second-order valence-electron chi connectivity index (χ2n) is 3.84. The first-order chi connectivity index (χ1) is 7.72. The summed E-state index contributed by atoms with van der Waals surface area (Å²) in [5.74, 6) is -0.0935. The molecule has 1 N–H and O–H groups in total. The summed E-state index contributed by atoms with van der Waals surface area (Å²) in [6.07, 6.45) is 3.43. The van der Waals surface area contributed by atoms with Crippen LogP contribution in [0.1, 0.15) is 23.3 Å². The lowest BCUT2D eigenvalue weighted by Gasteiger charge is -2.22. The number of hydrogen-bond acceptors (Lipinski definition) is 3. The quantitative estimate of drug-likeness (QED) is 0.894. The predicted molar refractivity (Wildman–Crippen MR) is 63.1 cm³/mol. The van der Waals surface area contributed by atoms with Crippen LogP contribution in [0.4, 0.5) is 0 Å². The highest BCUT2D eigenvalue weighted by Crippen LogP contribution is 2.19. The Morgan fingerprint density at radius 3 is 3.06 bits per heavy atom. The summed E-state index contributed by atoms with van der Waals surface area (Å²) in [7, 11) is 0. The van der Waals surface area contributed by atoms with Crippen LogP contribution in [0.25, 0.3) is 0 Å². The third kappa shape index (κ3) is 2.25. The fourth-order valence-corrected chi connectivity index (χ4v) is 2.18. The molecule has 1 saturated heterocycles. The molecule has 86 valence electrons. The summed E-state index contributed by atoms with van der Waals surface area (Å²) in [6.45, 7) is 0.740. The van der Waals surface area contributed by atoms with Crippen molar-refractivity contribution in [2.45, 2.75) is 18.9 Å². The lowest BCUT2D eigenvalue weighted by atomic mass is 10.2. The molecule has 2 heterocycles. The molecule has 4 nitrogen and oxygen atoms in total. The van der Waals surface area contributed by atoms with Crippen LogP contribution in [0.15, 0.2) is 22.8 Å². The molecule has 0 saturated carbocycles. The number of rotatable bonds is 2. The third-order valence-electron chi connectivity index (χ3n) is 2.80. The van der Waals surface area contributed by atoms with Gasteiger partial charge in [-0.2, -0.15) is 0 Å². The second-order valence-corrected chi connectivity index (χ2v) is 4.75. The molecule has 0 unspecified atom stereocenters. The number of aromatic nitrogens is 1. The zero-order valence-corrected chi connectivity index (χ0v) is 10.4. The minimum atomic E-state index is -0.0935. The highest BCUT2D eigenvalue weighted by atomic mass is 79.9. The molecule has 0 aromatic carbocycles. The van der Waals surface area contributed by atoms with Gasteiger partial charge in [0.2, 0.25) is 0 Å². The maximum atomic E-state index is 12.1. The van der Waals surface area contributed by atoms with Gasteiger partial charge in [0, 0.05) is 17.2 Å². The minimum Gasteiger partial charge on any atom is -0.394 e. The molecule has 0 radical (unpaired) electrons. The van der Waals surface area contributed by atoms with Crippen molar-refractivity contribution < 1.29 is 9.90 Å². The lowest BCUT2D eigenvalue weighted by molar-refractivity contribution is 0.0671. The van der Waals surface area contributed by atoms with Gasteiger partial charge in [0.15, 0.2) is 0 Å². The van der Waals surface area contributed by atoms with Crippen LogP contribution >= 0.6 is 15.9 Å². The maximum Gasteiger partial charge on any atom is 0.272 e. The highest BCUT2D eigenvalue weighted by molar-refractivity contribution is 9.10. The van der Waals surface area contributed by atoms with E-state index >= 15 is 0 Å². The van der Waals surface area contributed by atoms with Crippen molar-refractivity contribution in [3.8, 4) is 0 Å². The fraction of sp³-hybridized carbons (Fsp3) is 0.455. The molecule has 16 heavy (non-hydrogen) atoms. The number of aliphatic hydroxyl groups excluding tert-OH is 1. The van der Waals surface area contributed by atoms with E-state index in [2.05, 4.69) is 20.9 Å². The Balaban J connectivity index is 2.15. The number of carbonyl (C=O) groups excluding carboxylic acids is 1. The Labute approximate surface area is 102 Å². The molecule has 2 rings (SSSR count). The second kappa shape index (κ2) is 4.93. The first kappa shape index (κ1) is 11.5. The monoisotopic (exact) mass is 284 g/mol. The molecule has 1 atom stereocenters. The van der Waals surface area contributed by atoms with E-state index in [9.17, 15) is 4.79 Å². The van der Waals surface area contributed by atoms with Gasteiger partial charge in [0.25, 0.3) is 5.91 Å². The van der Waals surface area contributed by atoms with Gasteiger partial charge in [-0.05, 0) is 40.9 Å². The molecule has 0 bridgehead atoms. The molecule has 0 aliphatic carbocycles. The summed E-state index contributed by atoms with van der Waals surface area (Å²) in [6, 6.07) is 3.45. The number of likely N-dealkylation sites (tertiary alicyclic amines) is 1. The molecule has 1 aromatic heterocycles. The van der Waals surface area contributed by atoms with Gasteiger partial charge < -0.3 is 10.0 Å². The van der Waals surface area contributed by atoms with E-state index in [1.807, 2.05) is 0 Å². The van der Waals surface area contributed by atoms with Crippen LogP contribution < -0.4 is 0 Å². The van der Waals surface area contributed by atoms with Crippen molar-refractivity contribution in [1.82, 2.24) is 9.88 Å². The number of aliphatic hydroxyl groups is 1.